The molecule has 0 radical (unpaired) electrons. The fraction of sp³-hybridized carbons (Fsp3) is 0.136. The van der Waals surface area contributed by atoms with Crippen LogP contribution in [-0.2, 0) is 6.54 Å². The van der Waals surface area contributed by atoms with E-state index in [0.717, 1.165) is 34.6 Å². The fourth-order valence-corrected chi connectivity index (χ4v) is 3.36. The number of anilines is 1. The molecule has 25 heavy (non-hydrogen) atoms. The highest BCUT2D eigenvalue weighted by atomic mass is 14.9. The summed E-state index contributed by atoms with van der Waals surface area (Å²) >= 11 is 0. The lowest BCUT2D eigenvalue weighted by Crippen LogP contribution is -2.18. The van der Waals surface area contributed by atoms with E-state index in [9.17, 15) is 0 Å². The molecule has 124 valence electrons. The average Bonchev–Trinajstić information content (AvgIpc) is 2.64. The predicted octanol–water partition coefficient (Wildman–Crippen LogP) is 4.93. The van der Waals surface area contributed by atoms with Crippen molar-refractivity contribution in [3.8, 4) is 11.1 Å². The van der Waals surface area contributed by atoms with Gasteiger partial charge in [-0.3, -0.25) is 0 Å². The topological polar surface area (TPSA) is 50.4 Å². The molecular weight excluding hydrogens is 306 g/mol. The third kappa shape index (κ3) is 2.68. The highest BCUT2D eigenvalue weighted by molar-refractivity contribution is 6.08. The van der Waals surface area contributed by atoms with Crippen molar-refractivity contribution >= 4 is 17.2 Å². The molecule has 3 N–H and O–H groups in total. The van der Waals surface area contributed by atoms with Crippen LogP contribution in [0.4, 0.5) is 11.4 Å². The number of hydrogen-bond donors (Lipinski definition) is 2. The maximum Gasteiger partial charge on any atom is 0.132 e. The van der Waals surface area contributed by atoms with Gasteiger partial charge in [0, 0.05) is 23.4 Å². The molecule has 1 aliphatic rings. The number of rotatable bonds is 2. The van der Waals surface area contributed by atoms with Crippen LogP contribution in [0.15, 0.2) is 65.7 Å². The van der Waals surface area contributed by atoms with Gasteiger partial charge in [-0.2, -0.15) is 0 Å². The summed E-state index contributed by atoms with van der Waals surface area (Å²) in [6.07, 6.45) is 0. The van der Waals surface area contributed by atoms with E-state index in [-0.39, 0.29) is 0 Å². The second-order valence-electron chi connectivity index (χ2n) is 6.45. The summed E-state index contributed by atoms with van der Waals surface area (Å²) < 4.78 is 0. The van der Waals surface area contributed by atoms with Gasteiger partial charge >= 0.3 is 0 Å². The van der Waals surface area contributed by atoms with Gasteiger partial charge < -0.3 is 11.1 Å². The Labute approximate surface area is 148 Å². The maximum absolute atomic E-state index is 6.45. The highest BCUT2D eigenvalue weighted by Crippen LogP contribution is 2.38. The summed E-state index contributed by atoms with van der Waals surface area (Å²) in [6, 6.07) is 20.7. The third-order valence-corrected chi connectivity index (χ3v) is 4.91. The normalized spacial score (nSPS) is 13.0. The van der Waals surface area contributed by atoms with Gasteiger partial charge in [-0.05, 0) is 48.2 Å². The lowest BCUT2D eigenvalue weighted by atomic mass is 9.90. The second kappa shape index (κ2) is 6.10. The van der Waals surface area contributed by atoms with Crippen LogP contribution in [0.2, 0.25) is 0 Å². The predicted molar refractivity (Wildman–Crippen MR) is 106 cm³/mol. The van der Waals surface area contributed by atoms with E-state index in [0.29, 0.717) is 5.84 Å². The van der Waals surface area contributed by atoms with Gasteiger partial charge in [0.2, 0.25) is 0 Å². The minimum absolute atomic E-state index is 0.545. The minimum atomic E-state index is 0.545. The zero-order valence-corrected chi connectivity index (χ0v) is 14.5. The van der Waals surface area contributed by atoms with Crippen LogP contribution in [0.3, 0.4) is 0 Å². The SMILES string of the molecule is Cc1cccc(N=C(N)c2cccc3c2-c2ccccc2CN3)c1C. The van der Waals surface area contributed by atoms with Gasteiger partial charge in [0.05, 0.1) is 5.69 Å². The number of nitrogens with one attached hydrogen (secondary N) is 1. The van der Waals surface area contributed by atoms with Gasteiger partial charge in [-0.1, -0.05) is 48.5 Å². The molecule has 0 aliphatic carbocycles. The lowest BCUT2D eigenvalue weighted by molar-refractivity contribution is 1.13. The summed E-state index contributed by atoms with van der Waals surface area (Å²) in [4.78, 5) is 4.74. The van der Waals surface area contributed by atoms with Crippen molar-refractivity contribution in [2.75, 3.05) is 5.32 Å². The van der Waals surface area contributed by atoms with Crippen LogP contribution in [-0.4, -0.2) is 5.84 Å². The summed E-state index contributed by atoms with van der Waals surface area (Å²) in [6.45, 7) is 5.01. The molecule has 3 nitrogen and oxygen atoms in total. The molecule has 0 spiro atoms. The van der Waals surface area contributed by atoms with Crippen LogP contribution >= 0.6 is 0 Å². The van der Waals surface area contributed by atoms with E-state index in [1.807, 2.05) is 24.3 Å². The maximum atomic E-state index is 6.45. The van der Waals surface area contributed by atoms with E-state index in [2.05, 4.69) is 55.6 Å². The molecule has 3 heteroatoms. The smallest absolute Gasteiger partial charge is 0.132 e. The highest BCUT2D eigenvalue weighted by Gasteiger charge is 2.19. The molecule has 1 aliphatic heterocycles. The van der Waals surface area contributed by atoms with Crippen molar-refractivity contribution in [3.05, 3.63) is 82.9 Å². The van der Waals surface area contributed by atoms with Crippen LogP contribution < -0.4 is 11.1 Å². The number of fused-ring (bicyclic) bond motifs is 3. The van der Waals surface area contributed by atoms with Gasteiger partial charge in [-0.25, -0.2) is 4.99 Å². The van der Waals surface area contributed by atoms with E-state index < -0.39 is 0 Å². The molecule has 0 fully saturated rings. The van der Waals surface area contributed by atoms with Crippen molar-refractivity contribution < 1.29 is 0 Å². The van der Waals surface area contributed by atoms with Crippen LogP contribution in [0, 0.1) is 13.8 Å². The van der Waals surface area contributed by atoms with E-state index in [1.54, 1.807) is 0 Å². The first-order chi connectivity index (χ1) is 12.1. The zero-order valence-electron chi connectivity index (χ0n) is 14.5. The molecule has 0 saturated heterocycles. The van der Waals surface area contributed by atoms with E-state index in [1.165, 1.54) is 16.7 Å². The number of nitrogens with two attached hydrogens (primary N) is 1. The molecule has 0 aromatic heterocycles. The van der Waals surface area contributed by atoms with Crippen LogP contribution in [0.1, 0.15) is 22.3 Å². The largest absolute Gasteiger partial charge is 0.383 e. The second-order valence-corrected chi connectivity index (χ2v) is 6.45. The van der Waals surface area contributed by atoms with Crippen molar-refractivity contribution in [2.24, 2.45) is 10.7 Å². The standard InChI is InChI=1S/C22H21N3/c1-14-7-5-11-19(15(14)2)25-22(23)18-10-6-12-20-21(18)17-9-4-3-8-16(17)13-24-20/h3-12,24H,13H2,1-2H3,(H2,23,25). The number of benzene rings is 3. The molecule has 0 bridgehead atoms. The Morgan fingerprint density at radius 3 is 2.64 bits per heavy atom. The summed E-state index contributed by atoms with van der Waals surface area (Å²) in [7, 11) is 0. The minimum Gasteiger partial charge on any atom is -0.383 e. The summed E-state index contributed by atoms with van der Waals surface area (Å²) in [5.74, 6) is 0.545. The van der Waals surface area contributed by atoms with Crippen molar-refractivity contribution in [1.29, 1.82) is 0 Å². The first kappa shape index (κ1) is 15.5. The molecular formula is C22H21N3. The van der Waals surface area contributed by atoms with Crippen LogP contribution in [0.5, 0.6) is 0 Å². The summed E-state index contributed by atoms with van der Waals surface area (Å²) in [5, 5.41) is 3.49. The Kier molecular flexibility index (Phi) is 3.77. The first-order valence-corrected chi connectivity index (χ1v) is 8.51. The molecule has 0 amide bonds. The molecule has 4 rings (SSSR count). The van der Waals surface area contributed by atoms with Gasteiger partial charge in [-0.15, -0.1) is 0 Å². The number of aliphatic imine (C=N–C) groups is 1. The van der Waals surface area contributed by atoms with Gasteiger partial charge in [0.1, 0.15) is 5.84 Å². The first-order valence-electron chi connectivity index (χ1n) is 8.51. The molecule has 3 aromatic rings. The number of aryl methyl sites for hydroxylation is 1. The van der Waals surface area contributed by atoms with Gasteiger partial charge in [0.25, 0.3) is 0 Å². The van der Waals surface area contributed by atoms with E-state index >= 15 is 0 Å². The van der Waals surface area contributed by atoms with Crippen molar-refractivity contribution in [3.63, 3.8) is 0 Å². The lowest BCUT2D eigenvalue weighted by Gasteiger charge is -2.24. The molecule has 3 aromatic carbocycles. The zero-order chi connectivity index (χ0) is 17.4. The Bertz CT molecular complexity index is 986. The summed E-state index contributed by atoms with van der Waals surface area (Å²) in [5.41, 5.74) is 15.5. The molecule has 0 saturated carbocycles. The Morgan fingerprint density at radius 2 is 1.76 bits per heavy atom. The van der Waals surface area contributed by atoms with Crippen molar-refractivity contribution in [1.82, 2.24) is 0 Å². The molecule has 1 heterocycles. The quantitative estimate of drug-likeness (QED) is 0.518. The molecule has 0 unspecified atom stereocenters. The van der Waals surface area contributed by atoms with Crippen molar-refractivity contribution in [2.45, 2.75) is 20.4 Å². The van der Waals surface area contributed by atoms with E-state index in [4.69, 9.17) is 10.7 Å². The Balaban J connectivity index is 1.88. The fourth-order valence-electron chi connectivity index (χ4n) is 3.36. The third-order valence-electron chi connectivity index (χ3n) is 4.91. The van der Waals surface area contributed by atoms with Crippen LogP contribution in [0.25, 0.3) is 11.1 Å². The number of nitrogens with zero attached hydrogens (tertiary/aromatic N) is 1. The number of hydrogen-bond acceptors (Lipinski definition) is 2. The van der Waals surface area contributed by atoms with Gasteiger partial charge in [0.15, 0.2) is 0 Å². The Morgan fingerprint density at radius 1 is 0.960 bits per heavy atom. The Hall–Kier alpha value is -3.07. The molecule has 0 atom stereocenters. The monoisotopic (exact) mass is 327 g/mol. The number of amidine groups is 1. The average molecular weight is 327 g/mol.